The topological polar surface area (TPSA) is 12.0 Å². The Balaban J connectivity index is 2.33. The van der Waals surface area contributed by atoms with E-state index >= 15 is 0 Å². The normalized spacial score (nSPS) is 12.3. The molecule has 2 rings (SSSR count). The summed E-state index contributed by atoms with van der Waals surface area (Å²) in [5.74, 6) is -1.20. The molecule has 0 saturated carbocycles. The van der Waals surface area contributed by atoms with Crippen LogP contribution in [0.2, 0.25) is 10.0 Å². The average molecular weight is 316 g/mol. The second-order valence-corrected chi connectivity index (χ2v) is 5.40. The molecule has 1 atom stereocenters. The number of rotatable bonds is 3. The van der Waals surface area contributed by atoms with Crippen molar-refractivity contribution >= 4 is 28.9 Å². The molecule has 5 heteroatoms. The van der Waals surface area contributed by atoms with E-state index in [9.17, 15) is 8.78 Å². The Labute approximate surface area is 126 Å². The number of nitrogens with one attached hydrogen (secondary N) is 1. The lowest BCUT2D eigenvalue weighted by atomic mass is 10.1. The second-order valence-electron chi connectivity index (χ2n) is 4.58. The van der Waals surface area contributed by atoms with Gasteiger partial charge in [-0.1, -0.05) is 29.3 Å². The molecule has 0 heterocycles. The molecule has 1 unspecified atom stereocenters. The molecule has 0 saturated heterocycles. The van der Waals surface area contributed by atoms with Crippen molar-refractivity contribution in [2.24, 2.45) is 0 Å². The monoisotopic (exact) mass is 315 g/mol. The fourth-order valence-electron chi connectivity index (χ4n) is 1.99. The third-order valence-corrected chi connectivity index (χ3v) is 3.77. The molecular formula is C15H13Cl2F2N. The van der Waals surface area contributed by atoms with Crippen molar-refractivity contribution in [2.45, 2.75) is 19.9 Å². The first kappa shape index (κ1) is 15.1. The minimum Gasteiger partial charge on any atom is -0.377 e. The second kappa shape index (κ2) is 5.98. The van der Waals surface area contributed by atoms with Crippen LogP contribution in [0.1, 0.15) is 24.1 Å². The number of hydrogen-bond donors (Lipinski definition) is 1. The molecule has 0 aliphatic carbocycles. The first-order valence-electron chi connectivity index (χ1n) is 6.06. The Morgan fingerprint density at radius 3 is 2.25 bits per heavy atom. The minimum atomic E-state index is -0.598. The molecule has 1 N–H and O–H groups in total. The van der Waals surface area contributed by atoms with E-state index in [4.69, 9.17) is 23.2 Å². The van der Waals surface area contributed by atoms with E-state index < -0.39 is 17.7 Å². The van der Waals surface area contributed by atoms with Crippen molar-refractivity contribution in [3.63, 3.8) is 0 Å². The van der Waals surface area contributed by atoms with Gasteiger partial charge < -0.3 is 5.32 Å². The van der Waals surface area contributed by atoms with Crippen LogP contribution in [0.3, 0.4) is 0 Å². The summed E-state index contributed by atoms with van der Waals surface area (Å²) in [4.78, 5) is 0. The van der Waals surface area contributed by atoms with E-state index in [0.717, 1.165) is 5.56 Å². The lowest BCUT2D eigenvalue weighted by Gasteiger charge is -2.18. The van der Waals surface area contributed by atoms with Gasteiger partial charge in [0.1, 0.15) is 11.6 Å². The molecule has 0 amide bonds. The number of anilines is 1. The van der Waals surface area contributed by atoms with Gasteiger partial charge in [0.15, 0.2) is 0 Å². The summed E-state index contributed by atoms with van der Waals surface area (Å²) in [6, 6.07) is 6.55. The van der Waals surface area contributed by atoms with Crippen molar-refractivity contribution in [3.8, 4) is 0 Å². The number of hydrogen-bond acceptors (Lipinski definition) is 1. The molecule has 2 aromatic carbocycles. The van der Waals surface area contributed by atoms with E-state index in [1.54, 1.807) is 19.1 Å². The van der Waals surface area contributed by atoms with Gasteiger partial charge >= 0.3 is 0 Å². The van der Waals surface area contributed by atoms with Crippen LogP contribution in [0.5, 0.6) is 0 Å². The molecule has 0 fully saturated rings. The lowest BCUT2D eigenvalue weighted by Crippen LogP contribution is -2.11. The zero-order chi connectivity index (χ0) is 14.9. The Kier molecular flexibility index (Phi) is 4.51. The highest BCUT2D eigenvalue weighted by Crippen LogP contribution is 2.32. The summed E-state index contributed by atoms with van der Waals surface area (Å²) in [5.41, 5.74) is 1.35. The van der Waals surface area contributed by atoms with Crippen LogP contribution in [0.15, 0.2) is 30.3 Å². The van der Waals surface area contributed by atoms with Crippen molar-refractivity contribution in [1.29, 1.82) is 0 Å². The van der Waals surface area contributed by atoms with E-state index in [0.29, 0.717) is 15.7 Å². The molecule has 0 aromatic heterocycles. The van der Waals surface area contributed by atoms with Gasteiger partial charge in [-0.05, 0) is 43.7 Å². The van der Waals surface area contributed by atoms with Crippen LogP contribution < -0.4 is 5.32 Å². The predicted molar refractivity (Wildman–Crippen MR) is 79.6 cm³/mol. The van der Waals surface area contributed by atoms with Crippen molar-refractivity contribution < 1.29 is 8.78 Å². The van der Waals surface area contributed by atoms with E-state index in [2.05, 4.69) is 5.32 Å². The molecule has 20 heavy (non-hydrogen) atoms. The predicted octanol–water partition coefficient (Wildman–Crippen LogP) is 5.75. The number of benzene rings is 2. The molecule has 1 nitrogen and oxygen atoms in total. The van der Waals surface area contributed by atoms with Gasteiger partial charge in [-0.3, -0.25) is 0 Å². The van der Waals surface area contributed by atoms with Crippen LogP contribution in [0.4, 0.5) is 14.5 Å². The van der Waals surface area contributed by atoms with Gasteiger partial charge in [0.25, 0.3) is 0 Å². The van der Waals surface area contributed by atoms with Gasteiger partial charge in [0, 0.05) is 10.6 Å². The molecule has 2 aromatic rings. The summed E-state index contributed by atoms with van der Waals surface area (Å²) in [6.07, 6.45) is 0. The maximum Gasteiger partial charge on any atom is 0.131 e. The highest BCUT2D eigenvalue weighted by atomic mass is 35.5. The minimum absolute atomic E-state index is 0.0275. The molecule has 0 spiro atoms. The first-order chi connectivity index (χ1) is 9.40. The summed E-state index contributed by atoms with van der Waals surface area (Å²) in [5, 5.41) is 3.97. The summed E-state index contributed by atoms with van der Waals surface area (Å²) in [6.45, 7) is 3.49. The quantitative estimate of drug-likeness (QED) is 0.760. The van der Waals surface area contributed by atoms with Crippen LogP contribution >= 0.6 is 23.2 Å². The fraction of sp³-hybridized carbons (Fsp3) is 0.200. The van der Waals surface area contributed by atoms with Crippen LogP contribution in [-0.4, -0.2) is 0 Å². The highest BCUT2D eigenvalue weighted by molar-refractivity contribution is 6.35. The maximum atomic E-state index is 13.7. The van der Waals surface area contributed by atoms with Crippen molar-refractivity contribution in [1.82, 2.24) is 0 Å². The van der Waals surface area contributed by atoms with Crippen molar-refractivity contribution in [3.05, 3.63) is 63.1 Å². The Hall–Kier alpha value is -1.32. The van der Waals surface area contributed by atoms with E-state index in [-0.39, 0.29) is 5.56 Å². The van der Waals surface area contributed by atoms with Crippen LogP contribution in [0.25, 0.3) is 0 Å². The first-order valence-corrected chi connectivity index (χ1v) is 6.82. The number of aryl methyl sites for hydroxylation is 1. The SMILES string of the molecule is Cc1cc(Cl)c(NC(C)c2c(F)cccc2F)cc1Cl. The zero-order valence-corrected chi connectivity index (χ0v) is 12.5. The molecule has 0 bridgehead atoms. The molecule has 0 aliphatic rings. The van der Waals surface area contributed by atoms with Gasteiger partial charge in [-0.25, -0.2) is 8.78 Å². The highest BCUT2D eigenvalue weighted by Gasteiger charge is 2.17. The Bertz CT molecular complexity index is 624. The van der Waals surface area contributed by atoms with Crippen molar-refractivity contribution in [2.75, 3.05) is 5.32 Å². The third kappa shape index (κ3) is 3.05. The summed E-state index contributed by atoms with van der Waals surface area (Å²) >= 11 is 12.1. The van der Waals surface area contributed by atoms with E-state index in [1.807, 2.05) is 6.92 Å². The molecule has 0 radical (unpaired) electrons. The lowest BCUT2D eigenvalue weighted by molar-refractivity contribution is 0.544. The fourth-order valence-corrected chi connectivity index (χ4v) is 2.42. The largest absolute Gasteiger partial charge is 0.377 e. The van der Waals surface area contributed by atoms with Crippen LogP contribution in [-0.2, 0) is 0 Å². The van der Waals surface area contributed by atoms with Gasteiger partial charge in [0.2, 0.25) is 0 Å². The summed E-state index contributed by atoms with van der Waals surface area (Å²) in [7, 11) is 0. The Morgan fingerprint density at radius 1 is 1.05 bits per heavy atom. The van der Waals surface area contributed by atoms with Gasteiger partial charge in [0.05, 0.1) is 16.8 Å². The zero-order valence-electron chi connectivity index (χ0n) is 11.0. The van der Waals surface area contributed by atoms with Crippen LogP contribution in [0, 0.1) is 18.6 Å². The summed E-state index contributed by atoms with van der Waals surface area (Å²) < 4.78 is 27.4. The molecular weight excluding hydrogens is 303 g/mol. The van der Waals surface area contributed by atoms with Gasteiger partial charge in [-0.2, -0.15) is 0 Å². The number of halogens is 4. The Morgan fingerprint density at radius 2 is 1.65 bits per heavy atom. The van der Waals surface area contributed by atoms with E-state index in [1.165, 1.54) is 18.2 Å². The third-order valence-electron chi connectivity index (χ3n) is 3.05. The smallest absolute Gasteiger partial charge is 0.131 e. The maximum absolute atomic E-state index is 13.7. The molecule has 0 aliphatic heterocycles. The standard InChI is InChI=1S/C15H13Cl2F2N/c1-8-6-11(17)14(7-10(8)16)20-9(2)15-12(18)4-3-5-13(15)19/h3-7,9,20H,1-2H3. The average Bonchev–Trinajstić information content (AvgIpc) is 2.35. The molecule has 106 valence electrons. The van der Waals surface area contributed by atoms with Gasteiger partial charge in [-0.15, -0.1) is 0 Å².